The maximum atomic E-state index is 11.7. The molecule has 4 heterocycles. The van der Waals surface area contributed by atoms with Gasteiger partial charge in [-0.2, -0.15) is 0 Å². The van der Waals surface area contributed by atoms with Crippen LogP contribution in [0.25, 0.3) is 11.0 Å². The number of aromatic amines is 1. The number of imidazole rings is 1. The summed E-state index contributed by atoms with van der Waals surface area (Å²) in [5.74, 6) is 0.867. The molecule has 10 heteroatoms. The molecule has 5 rings (SSSR count). The summed E-state index contributed by atoms with van der Waals surface area (Å²) < 4.78 is 29.3. The van der Waals surface area contributed by atoms with Crippen LogP contribution in [-0.2, 0) is 29.3 Å². The van der Waals surface area contributed by atoms with Gasteiger partial charge in [0.25, 0.3) is 0 Å². The van der Waals surface area contributed by atoms with E-state index in [4.69, 9.17) is 4.42 Å². The van der Waals surface area contributed by atoms with E-state index in [1.165, 1.54) is 17.3 Å². The van der Waals surface area contributed by atoms with Crippen LogP contribution in [0.2, 0.25) is 0 Å². The van der Waals surface area contributed by atoms with Crippen molar-refractivity contribution in [3.05, 3.63) is 59.1 Å². The molecule has 8 nitrogen and oxygen atoms in total. The summed E-state index contributed by atoms with van der Waals surface area (Å²) in [5.41, 5.74) is 4.91. The zero-order valence-corrected chi connectivity index (χ0v) is 18.8. The van der Waals surface area contributed by atoms with Crippen molar-refractivity contribution in [2.45, 2.75) is 41.8 Å². The van der Waals surface area contributed by atoms with Gasteiger partial charge in [-0.3, -0.25) is 4.90 Å². The highest BCUT2D eigenvalue weighted by atomic mass is 32.2. The highest BCUT2D eigenvalue weighted by molar-refractivity contribution is 7.99. The summed E-state index contributed by atoms with van der Waals surface area (Å²) in [5, 5.41) is 1.48. The van der Waals surface area contributed by atoms with Gasteiger partial charge in [0.05, 0.1) is 23.3 Å². The van der Waals surface area contributed by atoms with Gasteiger partial charge in [-0.05, 0) is 48.5 Å². The molecule has 1 aliphatic rings. The summed E-state index contributed by atoms with van der Waals surface area (Å²) >= 11 is 1.47. The van der Waals surface area contributed by atoms with E-state index in [0.717, 1.165) is 51.1 Å². The standard InChI is InChI=1S/C21H21N5O3S2/c1-13-3-5-17-18(9-13)24-20(23-17)30-19-6-4-15(29-19)12-26-8-7-16-14(11-26)10-22-21(25-16)31(2,27)28/h3-6,9-10H,7-8,11-12H2,1-2H3,(H,23,24). The first-order chi connectivity index (χ1) is 14.8. The molecule has 3 aromatic heterocycles. The van der Waals surface area contributed by atoms with E-state index in [1.54, 1.807) is 6.20 Å². The highest BCUT2D eigenvalue weighted by Gasteiger charge is 2.22. The number of rotatable bonds is 5. The summed E-state index contributed by atoms with van der Waals surface area (Å²) in [7, 11) is -3.39. The van der Waals surface area contributed by atoms with E-state index in [-0.39, 0.29) is 5.16 Å². The Bertz CT molecular complexity index is 1380. The van der Waals surface area contributed by atoms with Crippen molar-refractivity contribution >= 4 is 32.6 Å². The molecule has 0 fully saturated rings. The molecule has 0 amide bonds. The lowest BCUT2D eigenvalue weighted by molar-refractivity contribution is 0.217. The third-order valence-electron chi connectivity index (χ3n) is 5.15. The molecule has 1 N–H and O–H groups in total. The van der Waals surface area contributed by atoms with Crippen molar-refractivity contribution in [3.8, 4) is 0 Å². The van der Waals surface area contributed by atoms with Crippen LogP contribution >= 0.6 is 11.8 Å². The Morgan fingerprint density at radius 3 is 2.94 bits per heavy atom. The Hall–Kier alpha value is -2.69. The molecule has 31 heavy (non-hydrogen) atoms. The van der Waals surface area contributed by atoms with Crippen LogP contribution < -0.4 is 0 Å². The number of hydrogen-bond donors (Lipinski definition) is 1. The van der Waals surface area contributed by atoms with Gasteiger partial charge in [0.15, 0.2) is 10.2 Å². The lowest BCUT2D eigenvalue weighted by atomic mass is 10.1. The summed E-state index contributed by atoms with van der Waals surface area (Å²) in [6, 6.07) is 10.1. The molecule has 0 saturated carbocycles. The lowest BCUT2D eigenvalue weighted by Gasteiger charge is -2.27. The van der Waals surface area contributed by atoms with Gasteiger partial charge in [-0.1, -0.05) is 6.07 Å². The van der Waals surface area contributed by atoms with Gasteiger partial charge < -0.3 is 9.40 Å². The molecule has 0 aliphatic carbocycles. The number of nitrogens with one attached hydrogen (secondary N) is 1. The average Bonchev–Trinajstić information content (AvgIpc) is 3.32. The van der Waals surface area contributed by atoms with E-state index in [0.29, 0.717) is 19.5 Å². The van der Waals surface area contributed by atoms with Gasteiger partial charge in [-0.15, -0.1) is 0 Å². The number of sulfone groups is 1. The smallest absolute Gasteiger partial charge is 0.246 e. The fourth-order valence-electron chi connectivity index (χ4n) is 3.63. The molecule has 0 saturated heterocycles. The maximum absolute atomic E-state index is 11.7. The number of aromatic nitrogens is 4. The van der Waals surface area contributed by atoms with E-state index < -0.39 is 9.84 Å². The van der Waals surface area contributed by atoms with Gasteiger partial charge in [-0.25, -0.2) is 23.4 Å². The molecule has 0 radical (unpaired) electrons. The third kappa shape index (κ3) is 4.36. The Morgan fingerprint density at radius 2 is 2.10 bits per heavy atom. The quantitative estimate of drug-likeness (QED) is 0.457. The van der Waals surface area contributed by atoms with E-state index in [1.807, 2.05) is 24.3 Å². The minimum absolute atomic E-state index is 0.104. The predicted molar refractivity (Wildman–Crippen MR) is 117 cm³/mol. The molecule has 0 unspecified atom stereocenters. The van der Waals surface area contributed by atoms with Gasteiger partial charge in [0.1, 0.15) is 5.76 Å². The topological polar surface area (TPSA) is 105 Å². The second-order valence-electron chi connectivity index (χ2n) is 7.74. The van der Waals surface area contributed by atoms with Crippen molar-refractivity contribution in [3.63, 3.8) is 0 Å². The highest BCUT2D eigenvalue weighted by Crippen LogP contribution is 2.30. The van der Waals surface area contributed by atoms with Crippen LogP contribution in [0.3, 0.4) is 0 Å². The Labute approximate surface area is 184 Å². The SMILES string of the molecule is Cc1ccc2nc(Sc3ccc(CN4CCc5nc(S(C)(=O)=O)ncc5C4)o3)[nH]c2c1. The predicted octanol–water partition coefficient (Wildman–Crippen LogP) is 3.37. The fraction of sp³-hybridized carbons (Fsp3) is 0.286. The van der Waals surface area contributed by atoms with E-state index in [2.05, 4.69) is 37.8 Å². The number of benzene rings is 1. The number of hydrogen-bond acceptors (Lipinski definition) is 8. The zero-order valence-electron chi connectivity index (χ0n) is 17.1. The van der Waals surface area contributed by atoms with Crippen molar-refractivity contribution in [1.29, 1.82) is 0 Å². The van der Waals surface area contributed by atoms with Crippen LogP contribution in [0.5, 0.6) is 0 Å². The minimum Gasteiger partial charge on any atom is -0.453 e. The van der Waals surface area contributed by atoms with Gasteiger partial charge in [0, 0.05) is 37.5 Å². The van der Waals surface area contributed by atoms with Gasteiger partial charge >= 0.3 is 0 Å². The summed E-state index contributed by atoms with van der Waals surface area (Å²) in [6.07, 6.45) is 3.43. The molecule has 0 bridgehead atoms. The number of fused-ring (bicyclic) bond motifs is 2. The Kier molecular flexibility index (Phi) is 5.07. The number of aryl methyl sites for hydroxylation is 1. The first-order valence-corrected chi connectivity index (χ1v) is 12.5. The van der Waals surface area contributed by atoms with Gasteiger partial charge in [0.2, 0.25) is 15.0 Å². The molecular formula is C21H21N5O3S2. The molecule has 0 spiro atoms. The van der Waals surface area contributed by atoms with E-state index >= 15 is 0 Å². The van der Waals surface area contributed by atoms with Crippen LogP contribution in [0.1, 0.15) is 22.6 Å². The van der Waals surface area contributed by atoms with Crippen LogP contribution in [0.4, 0.5) is 0 Å². The van der Waals surface area contributed by atoms with Crippen molar-refractivity contribution in [2.24, 2.45) is 0 Å². The van der Waals surface area contributed by atoms with Crippen molar-refractivity contribution in [2.75, 3.05) is 12.8 Å². The second-order valence-corrected chi connectivity index (χ2v) is 10.6. The zero-order chi connectivity index (χ0) is 21.6. The summed E-state index contributed by atoms with van der Waals surface area (Å²) in [4.78, 5) is 18.4. The van der Waals surface area contributed by atoms with Crippen LogP contribution in [0.15, 0.2) is 56.4 Å². The molecule has 1 aliphatic heterocycles. The molecule has 4 aromatic rings. The van der Waals surface area contributed by atoms with Crippen molar-refractivity contribution < 1.29 is 12.8 Å². The maximum Gasteiger partial charge on any atom is 0.246 e. The number of H-pyrrole nitrogens is 1. The first-order valence-electron chi connectivity index (χ1n) is 9.84. The van der Waals surface area contributed by atoms with Crippen LogP contribution in [-0.4, -0.2) is 46.1 Å². The van der Waals surface area contributed by atoms with Crippen molar-refractivity contribution in [1.82, 2.24) is 24.8 Å². The molecular weight excluding hydrogens is 434 g/mol. The minimum atomic E-state index is -3.39. The largest absolute Gasteiger partial charge is 0.453 e. The normalized spacial score (nSPS) is 14.8. The Balaban J connectivity index is 1.25. The molecule has 0 atom stereocenters. The molecule has 160 valence electrons. The second kappa shape index (κ2) is 7.77. The average molecular weight is 456 g/mol. The molecule has 1 aromatic carbocycles. The van der Waals surface area contributed by atoms with Crippen LogP contribution in [0, 0.1) is 6.92 Å². The lowest BCUT2D eigenvalue weighted by Crippen LogP contribution is -2.31. The Morgan fingerprint density at radius 1 is 1.23 bits per heavy atom. The summed E-state index contributed by atoms with van der Waals surface area (Å²) in [6.45, 7) is 4.15. The number of nitrogens with zero attached hydrogens (tertiary/aromatic N) is 4. The fourth-order valence-corrected chi connectivity index (χ4v) is 4.93. The third-order valence-corrected chi connectivity index (χ3v) is 6.82. The monoisotopic (exact) mass is 455 g/mol. The first kappa shape index (κ1) is 20.2. The number of furan rings is 1. The van der Waals surface area contributed by atoms with E-state index in [9.17, 15) is 8.42 Å².